The molecular weight excluding hydrogens is 308 g/mol. The number of hydrogen-bond acceptors (Lipinski definition) is 4. The first-order valence-corrected chi connectivity index (χ1v) is 8.18. The Labute approximate surface area is 140 Å². The van der Waals surface area contributed by atoms with Crippen LogP contribution in [-0.4, -0.2) is 35.9 Å². The molecular formula is C18H22N2O4. The lowest BCUT2D eigenvalue weighted by atomic mass is 10.1. The van der Waals surface area contributed by atoms with Crippen LogP contribution in [0.3, 0.4) is 0 Å². The van der Waals surface area contributed by atoms with Crippen LogP contribution in [0.15, 0.2) is 28.7 Å². The van der Waals surface area contributed by atoms with Gasteiger partial charge in [0, 0.05) is 24.0 Å². The minimum atomic E-state index is -0.363. The number of carbonyl (C=O) groups is 2. The summed E-state index contributed by atoms with van der Waals surface area (Å²) in [6.45, 7) is 5.05. The Kier molecular flexibility index (Phi) is 4.57. The molecule has 3 rings (SSSR count). The summed E-state index contributed by atoms with van der Waals surface area (Å²) in [7, 11) is 0. The number of nitrogens with zero attached hydrogens (tertiary/aromatic N) is 1. The van der Waals surface area contributed by atoms with E-state index in [4.69, 9.17) is 14.9 Å². The predicted octanol–water partition coefficient (Wildman–Crippen LogP) is 2.31. The molecule has 0 spiro atoms. The van der Waals surface area contributed by atoms with Gasteiger partial charge in [0.25, 0.3) is 5.91 Å². The number of rotatable bonds is 5. The molecule has 2 heterocycles. The molecule has 0 unspecified atom stereocenters. The second kappa shape index (κ2) is 6.65. The van der Waals surface area contributed by atoms with E-state index in [1.807, 2.05) is 38.1 Å². The molecule has 0 aliphatic carbocycles. The molecule has 2 N–H and O–H groups in total. The quantitative estimate of drug-likeness (QED) is 0.911. The molecule has 1 aromatic heterocycles. The van der Waals surface area contributed by atoms with E-state index < -0.39 is 0 Å². The molecule has 128 valence electrons. The molecule has 1 saturated heterocycles. The van der Waals surface area contributed by atoms with Crippen molar-refractivity contribution in [3.8, 4) is 0 Å². The standard InChI is InChI=1S/C18H22N2O4/c1-11(2)23-10-14-13-5-3-4-6-15(13)24-16(14)18(22)20-8-7-12(9-20)17(19)21/h3-6,11-12H,7-10H2,1-2H3,(H2,19,21)/t12-/m0/s1. The highest BCUT2D eigenvalue weighted by atomic mass is 16.5. The second-order valence-corrected chi connectivity index (χ2v) is 6.40. The fourth-order valence-electron chi connectivity index (χ4n) is 2.99. The lowest BCUT2D eigenvalue weighted by Gasteiger charge is -2.15. The third-order valence-corrected chi connectivity index (χ3v) is 4.33. The number of primary amides is 1. The topological polar surface area (TPSA) is 85.8 Å². The summed E-state index contributed by atoms with van der Waals surface area (Å²) < 4.78 is 11.5. The zero-order valence-electron chi connectivity index (χ0n) is 14.0. The van der Waals surface area contributed by atoms with Crippen molar-refractivity contribution in [3.63, 3.8) is 0 Å². The maximum atomic E-state index is 12.9. The van der Waals surface area contributed by atoms with E-state index in [1.165, 1.54) is 0 Å². The normalized spacial score (nSPS) is 17.8. The van der Waals surface area contributed by atoms with E-state index in [1.54, 1.807) is 4.90 Å². The van der Waals surface area contributed by atoms with E-state index in [0.29, 0.717) is 37.5 Å². The highest BCUT2D eigenvalue weighted by Gasteiger charge is 2.33. The van der Waals surface area contributed by atoms with Crippen LogP contribution >= 0.6 is 0 Å². The molecule has 1 atom stereocenters. The number of benzene rings is 1. The van der Waals surface area contributed by atoms with Crippen LogP contribution in [0.25, 0.3) is 11.0 Å². The summed E-state index contributed by atoms with van der Waals surface area (Å²) in [6, 6.07) is 7.53. The van der Waals surface area contributed by atoms with Crippen molar-refractivity contribution in [2.45, 2.75) is 33.0 Å². The van der Waals surface area contributed by atoms with Crippen LogP contribution in [0.1, 0.15) is 36.4 Å². The van der Waals surface area contributed by atoms with Crippen molar-refractivity contribution < 1.29 is 18.7 Å². The van der Waals surface area contributed by atoms with Gasteiger partial charge in [0.1, 0.15) is 5.58 Å². The lowest BCUT2D eigenvalue weighted by Crippen LogP contribution is -2.32. The van der Waals surface area contributed by atoms with Gasteiger partial charge in [-0.05, 0) is 26.3 Å². The van der Waals surface area contributed by atoms with Gasteiger partial charge in [0.05, 0.1) is 18.6 Å². The molecule has 2 amide bonds. The molecule has 1 aromatic carbocycles. The van der Waals surface area contributed by atoms with Crippen LogP contribution in [0, 0.1) is 5.92 Å². The smallest absolute Gasteiger partial charge is 0.290 e. The van der Waals surface area contributed by atoms with E-state index in [2.05, 4.69) is 0 Å². The van der Waals surface area contributed by atoms with E-state index in [9.17, 15) is 9.59 Å². The van der Waals surface area contributed by atoms with Crippen LogP contribution in [0.2, 0.25) is 0 Å². The van der Waals surface area contributed by atoms with Gasteiger partial charge in [-0.15, -0.1) is 0 Å². The highest BCUT2D eigenvalue weighted by Crippen LogP contribution is 2.29. The molecule has 0 radical (unpaired) electrons. The number of furan rings is 1. The number of likely N-dealkylation sites (tertiary alicyclic amines) is 1. The van der Waals surface area contributed by atoms with Crippen LogP contribution in [0.4, 0.5) is 0 Å². The van der Waals surface area contributed by atoms with E-state index in [-0.39, 0.29) is 23.8 Å². The number of nitrogens with two attached hydrogens (primary N) is 1. The van der Waals surface area contributed by atoms with Crippen molar-refractivity contribution in [2.24, 2.45) is 11.7 Å². The van der Waals surface area contributed by atoms with Crippen molar-refractivity contribution in [1.82, 2.24) is 4.90 Å². The Morgan fingerprint density at radius 3 is 2.79 bits per heavy atom. The van der Waals surface area contributed by atoms with Gasteiger partial charge >= 0.3 is 0 Å². The Hall–Kier alpha value is -2.34. The molecule has 1 aliphatic rings. The maximum absolute atomic E-state index is 12.9. The van der Waals surface area contributed by atoms with E-state index in [0.717, 1.165) is 10.9 Å². The van der Waals surface area contributed by atoms with Crippen LogP contribution < -0.4 is 5.73 Å². The van der Waals surface area contributed by atoms with Crippen LogP contribution in [0.5, 0.6) is 0 Å². The third-order valence-electron chi connectivity index (χ3n) is 4.33. The van der Waals surface area contributed by atoms with Crippen molar-refractivity contribution in [2.75, 3.05) is 13.1 Å². The SMILES string of the molecule is CC(C)OCc1c(C(=O)N2CC[C@H](C(N)=O)C2)oc2ccccc12. The zero-order valence-corrected chi connectivity index (χ0v) is 14.0. The molecule has 24 heavy (non-hydrogen) atoms. The summed E-state index contributed by atoms with van der Waals surface area (Å²) >= 11 is 0. The molecule has 6 nitrogen and oxygen atoms in total. The number of fused-ring (bicyclic) bond motifs is 1. The van der Waals surface area contributed by atoms with Gasteiger partial charge in [-0.3, -0.25) is 9.59 Å². The zero-order chi connectivity index (χ0) is 17.3. The third kappa shape index (κ3) is 3.14. The van der Waals surface area contributed by atoms with Gasteiger partial charge in [0.2, 0.25) is 5.91 Å². The van der Waals surface area contributed by atoms with Crippen LogP contribution in [-0.2, 0) is 16.1 Å². The first kappa shape index (κ1) is 16.5. The Morgan fingerprint density at radius 2 is 2.12 bits per heavy atom. The summed E-state index contributed by atoms with van der Waals surface area (Å²) in [4.78, 5) is 25.8. The first-order valence-electron chi connectivity index (χ1n) is 8.18. The summed E-state index contributed by atoms with van der Waals surface area (Å²) in [5.41, 5.74) is 6.77. The molecule has 2 aromatic rings. The lowest BCUT2D eigenvalue weighted by molar-refractivity contribution is -0.121. The molecule has 0 saturated carbocycles. The van der Waals surface area contributed by atoms with Crippen molar-refractivity contribution in [1.29, 1.82) is 0 Å². The Bertz CT molecular complexity index is 765. The van der Waals surface area contributed by atoms with Gasteiger partial charge in [-0.2, -0.15) is 0 Å². The average Bonchev–Trinajstić information content (AvgIpc) is 3.17. The average molecular weight is 330 g/mol. The van der Waals surface area contributed by atoms with E-state index >= 15 is 0 Å². The number of carbonyl (C=O) groups excluding carboxylic acids is 2. The molecule has 6 heteroatoms. The Morgan fingerprint density at radius 1 is 1.38 bits per heavy atom. The number of para-hydroxylation sites is 1. The molecule has 1 fully saturated rings. The fourth-order valence-corrected chi connectivity index (χ4v) is 2.99. The number of ether oxygens (including phenoxy) is 1. The van der Waals surface area contributed by atoms with Gasteiger partial charge < -0.3 is 19.8 Å². The highest BCUT2D eigenvalue weighted by molar-refractivity contribution is 5.99. The largest absolute Gasteiger partial charge is 0.451 e. The molecule has 1 aliphatic heterocycles. The monoisotopic (exact) mass is 330 g/mol. The first-order chi connectivity index (χ1) is 11.5. The summed E-state index contributed by atoms with van der Waals surface area (Å²) in [6.07, 6.45) is 0.645. The number of amides is 2. The number of hydrogen-bond donors (Lipinski definition) is 1. The van der Waals surface area contributed by atoms with Crippen molar-refractivity contribution >= 4 is 22.8 Å². The summed E-state index contributed by atoms with van der Waals surface area (Å²) in [5, 5.41) is 0.882. The predicted molar refractivity (Wildman–Crippen MR) is 89.3 cm³/mol. The van der Waals surface area contributed by atoms with Gasteiger partial charge in [0.15, 0.2) is 5.76 Å². The fraction of sp³-hybridized carbons (Fsp3) is 0.444. The van der Waals surface area contributed by atoms with Gasteiger partial charge in [-0.1, -0.05) is 18.2 Å². The Balaban J connectivity index is 1.91. The minimum absolute atomic E-state index is 0.0487. The molecule has 0 bridgehead atoms. The maximum Gasteiger partial charge on any atom is 0.290 e. The second-order valence-electron chi connectivity index (χ2n) is 6.40. The minimum Gasteiger partial charge on any atom is -0.451 e. The summed E-state index contributed by atoms with van der Waals surface area (Å²) in [5.74, 6) is -0.564. The van der Waals surface area contributed by atoms with Gasteiger partial charge in [-0.25, -0.2) is 0 Å². The van der Waals surface area contributed by atoms with Crippen molar-refractivity contribution in [3.05, 3.63) is 35.6 Å².